The van der Waals surface area contributed by atoms with Gasteiger partial charge in [-0.25, -0.2) is 0 Å². The molecule has 6 nitrogen and oxygen atoms in total. The molecular weight excluding hydrogens is 342 g/mol. The molecule has 2 rings (SSSR count). The van der Waals surface area contributed by atoms with Crippen molar-refractivity contribution in [2.75, 3.05) is 19.8 Å². The number of carbonyl (C=O) groups is 2. The summed E-state index contributed by atoms with van der Waals surface area (Å²) in [5.41, 5.74) is 0.719. The highest BCUT2D eigenvalue weighted by Gasteiger charge is 2.26. The topological polar surface area (TPSA) is 84.9 Å². The summed E-state index contributed by atoms with van der Waals surface area (Å²) < 4.78 is 11.3. The van der Waals surface area contributed by atoms with Crippen LogP contribution in [0, 0.1) is 0 Å². The number of rotatable bonds is 5. The maximum absolute atomic E-state index is 12.1. The second-order valence-electron chi connectivity index (χ2n) is 4.65. The van der Waals surface area contributed by atoms with Crippen LogP contribution in [0.15, 0.2) is 28.7 Å². The highest BCUT2D eigenvalue weighted by Crippen LogP contribution is 2.21. The van der Waals surface area contributed by atoms with Gasteiger partial charge in [0.2, 0.25) is 0 Å². The van der Waals surface area contributed by atoms with Gasteiger partial charge in [0.25, 0.3) is 5.91 Å². The highest BCUT2D eigenvalue weighted by molar-refractivity contribution is 9.10. The van der Waals surface area contributed by atoms with E-state index in [2.05, 4.69) is 21.2 Å². The van der Waals surface area contributed by atoms with Crippen molar-refractivity contribution in [2.24, 2.45) is 0 Å². The molecule has 0 aliphatic carbocycles. The van der Waals surface area contributed by atoms with E-state index in [0.717, 1.165) is 10.0 Å². The molecule has 114 valence electrons. The van der Waals surface area contributed by atoms with Crippen LogP contribution in [0.1, 0.15) is 18.0 Å². The van der Waals surface area contributed by atoms with E-state index in [-0.39, 0.29) is 18.9 Å². The molecule has 2 atom stereocenters. The predicted molar refractivity (Wildman–Crippen MR) is 77.8 cm³/mol. The minimum absolute atomic E-state index is 0.185. The van der Waals surface area contributed by atoms with Crippen molar-refractivity contribution in [2.45, 2.75) is 18.6 Å². The summed E-state index contributed by atoms with van der Waals surface area (Å²) >= 11 is 3.33. The van der Waals surface area contributed by atoms with Crippen molar-refractivity contribution in [1.29, 1.82) is 0 Å². The minimum atomic E-state index is -0.985. The summed E-state index contributed by atoms with van der Waals surface area (Å²) in [5, 5.41) is 11.7. The second kappa shape index (κ2) is 7.53. The monoisotopic (exact) mass is 357 g/mol. The second-order valence-corrected chi connectivity index (χ2v) is 5.56. The number of hydrogen-bond acceptors (Lipinski definition) is 4. The van der Waals surface area contributed by atoms with Crippen LogP contribution >= 0.6 is 15.9 Å². The molecule has 7 heteroatoms. The van der Waals surface area contributed by atoms with Gasteiger partial charge >= 0.3 is 5.97 Å². The van der Waals surface area contributed by atoms with Gasteiger partial charge in [0.05, 0.1) is 32.3 Å². The molecule has 1 aromatic rings. The van der Waals surface area contributed by atoms with Crippen molar-refractivity contribution < 1.29 is 24.2 Å². The fourth-order valence-corrected chi connectivity index (χ4v) is 2.47. The SMILES string of the molecule is O=C(O)C[C@@H](NC(=O)[C@@H]1COCCO1)c1cccc(Br)c1. The van der Waals surface area contributed by atoms with E-state index in [1.165, 1.54) is 0 Å². The first-order valence-electron chi connectivity index (χ1n) is 6.53. The first kappa shape index (κ1) is 15.9. The van der Waals surface area contributed by atoms with Crippen molar-refractivity contribution >= 4 is 27.8 Å². The molecule has 0 spiro atoms. The van der Waals surface area contributed by atoms with Gasteiger partial charge in [0.1, 0.15) is 0 Å². The third kappa shape index (κ3) is 4.80. The maximum atomic E-state index is 12.1. The summed E-state index contributed by atoms with van der Waals surface area (Å²) in [6.45, 7) is 1.01. The predicted octanol–water partition coefficient (Wildman–Crippen LogP) is 1.50. The molecular formula is C14H16BrNO5. The smallest absolute Gasteiger partial charge is 0.305 e. The average molecular weight is 358 g/mol. The average Bonchev–Trinajstić information content (AvgIpc) is 2.47. The molecule has 1 fully saturated rings. The Hall–Kier alpha value is -1.44. The molecule has 0 unspecified atom stereocenters. The summed E-state index contributed by atoms with van der Waals surface area (Å²) in [5.74, 6) is -1.35. The molecule has 0 bridgehead atoms. The number of amides is 1. The van der Waals surface area contributed by atoms with Crippen LogP contribution in [0.4, 0.5) is 0 Å². The number of aliphatic carboxylic acids is 1. The molecule has 21 heavy (non-hydrogen) atoms. The maximum Gasteiger partial charge on any atom is 0.305 e. The van der Waals surface area contributed by atoms with E-state index in [1.807, 2.05) is 6.07 Å². The summed E-state index contributed by atoms with van der Waals surface area (Å²) in [4.78, 5) is 23.1. The van der Waals surface area contributed by atoms with Crippen molar-refractivity contribution in [3.63, 3.8) is 0 Å². The first-order valence-corrected chi connectivity index (χ1v) is 7.32. The van der Waals surface area contributed by atoms with Crippen LogP contribution in [0.5, 0.6) is 0 Å². The van der Waals surface area contributed by atoms with Crippen LogP contribution < -0.4 is 5.32 Å². The molecule has 1 aromatic carbocycles. The van der Waals surface area contributed by atoms with E-state index in [4.69, 9.17) is 14.6 Å². The first-order chi connectivity index (χ1) is 10.1. The van der Waals surface area contributed by atoms with E-state index in [9.17, 15) is 9.59 Å². The van der Waals surface area contributed by atoms with Crippen molar-refractivity contribution in [3.8, 4) is 0 Å². The molecule has 1 saturated heterocycles. The van der Waals surface area contributed by atoms with Crippen LogP contribution in [0.3, 0.4) is 0 Å². The van der Waals surface area contributed by atoms with Gasteiger partial charge in [-0.2, -0.15) is 0 Å². The van der Waals surface area contributed by atoms with Gasteiger partial charge in [0, 0.05) is 4.47 Å². The van der Waals surface area contributed by atoms with Crippen LogP contribution in [0.2, 0.25) is 0 Å². The third-order valence-electron chi connectivity index (χ3n) is 3.05. The van der Waals surface area contributed by atoms with Crippen molar-refractivity contribution in [3.05, 3.63) is 34.3 Å². The molecule has 1 amide bonds. The number of halogens is 1. The van der Waals surface area contributed by atoms with Gasteiger partial charge in [0.15, 0.2) is 6.10 Å². The highest BCUT2D eigenvalue weighted by atomic mass is 79.9. The lowest BCUT2D eigenvalue weighted by molar-refractivity contribution is -0.148. The number of benzene rings is 1. The van der Waals surface area contributed by atoms with Crippen molar-refractivity contribution in [1.82, 2.24) is 5.32 Å². The van der Waals surface area contributed by atoms with Gasteiger partial charge < -0.3 is 19.9 Å². The summed E-state index contributed by atoms with van der Waals surface area (Å²) in [6.07, 6.45) is -0.891. The number of carboxylic acid groups (broad SMARTS) is 1. The number of carbonyl (C=O) groups excluding carboxylic acids is 1. The number of nitrogens with one attached hydrogen (secondary N) is 1. The molecule has 0 aromatic heterocycles. The Balaban J connectivity index is 2.08. The molecule has 2 N–H and O–H groups in total. The lowest BCUT2D eigenvalue weighted by Gasteiger charge is -2.25. The summed E-state index contributed by atoms with van der Waals surface area (Å²) in [7, 11) is 0. The molecule has 1 heterocycles. The Bertz CT molecular complexity index is 516. The third-order valence-corrected chi connectivity index (χ3v) is 3.55. The normalized spacial score (nSPS) is 19.8. The van der Waals surface area contributed by atoms with Gasteiger partial charge in [-0.1, -0.05) is 28.1 Å². The minimum Gasteiger partial charge on any atom is -0.481 e. The fraction of sp³-hybridized carbons (Fsp3) is 0.429. The van der Waals surface area contributed by atoms with E-state index < -0.39 is 18.1 Å². The zero-order chi connectivity index (χ0) is 15.2. The van der Waals surface area contributed by atoms with E-state index in [1.54, 1.807) is 18.2 Å². The lowest BCUT2D eigenvalue weighted by Crippen LogP contribution is -2.44. The molecule has 0 saturated carbocycles. The lowest BCUT2D eigenvalue weighted by atomic mass is 10.0. The number of hydrogen-bond donors (Lipinski definition) is 2. The quantitative estimate of drug-likeness (QED) is 0.833. The van der Waals surface area contributed by atoms with Crippen LogP contribution in [-0.4, -0.2) is 42.9 Å². The van der Waals surface area contributed by atoms with Gasteiger partial charge in [-0.15, -0.1) is 0 Å². The zero-order valence-corrected chi connectivity index (χ0v) is 12.8. The number of ether oxygens (including phenoxy) is 2. The Morgan fingerprint density at radius 2 is 2.24 bits per heavy atom. The largest absolute Gasteiger partial charge is 0.481 e. The van der Waals surface area contributed by atoms with E-state index in [0.29, 0.717) is 13.2 Å². The Morgan fingerprint density at radius 3 is 2.86 bits per heavy atom. The van der Waals surface area contributed by atoms with Crippen LogP contribution in [-0.2, 0) is 19.1 Å². The molecule has 1 aliphatic rings. The van der Waals surface area contributed by atoms with E-state index >= 15 is 0 Å². The summed E-state index contributed by atoms with van der Waals surface area (Å²) in [6, 6.07) is 6.57. The Kier molecular flexibility index (Phi) is 5.72. The van der Waals surface area contributed by atoms with Gasteiger partial charge in [-0.05, 0) is 17.7 Å². The Morgan fingerprint density at radius 1 is 1.43 bits per heavy atom. The Labute approximate surface area is 130 Å². The van der Waals surface area contributed by atoms with Gasteiger partial charge in [-0.3, -0.25) is 9.59 Å². The number of carboxylic acids is 1. The fourth-order valence-electron chi connectivity index (χ4n) is 2.05. The standard InChI is InChI=1S/C14H16BrNO5/c15-10-3-1-2-9(6-10)11(7-13(17)18)16-14(19)12-8-20-4-5-21-12/h1-3,6,11-12H,4-5,7-8H2,(H,16,19)(H,17,18)/t11-,12+/m1/s1. The molecule has 1 aliphatic heterocycles. The molecule has 0 radical (unpaired) electrons. The zero-order valence-electron chi connectivity index (χ0n) is 11.3. The van der Waals surface area contributed by atoms with Crippen LogP contribution in [0.25, 0.3) is 0 Å².